The van der Waals surface area contributed by atoms with Gasteiger partial charge >= 0.3 is 5.69 Å². The largest absolute Gasteiger partial charge is 0.332 e. The summed E-state index contributed by atoms with van der Waals surface area (Å²) in [5, 5.41) is 14.6. The fourth-order valence-corrected chi connectivity index (χ4v) is 6.16. The summed E-state index contributed by atoms with van der Waals surface area (Å²) >= 11 is 0. The molecule has 0 bridgehead atoms. The molecular weight excluding hydrogens is 516 g/mol. The van der Waals surface area contributed by atoms with E-state index >= 15 is 0 Å². The number of hydrogen-bond acceptors (Lipinski definition) is 6. The lowest BCUT2D eigenvalue weighted by Crippen LogP contribution is -2.40. The van der Waals surface area contributed by atoms with Crippen LogP contribution in [0.25, 0.3) is 33.7 Å². The maximum Gasteiger partial charge on any atom is 0.332 e. The van der Waals surface area contributed by atoms with Gasteiger partial charge in [0.15, 0.2) is 11.2 Å². The number of tetrazole rings is 1. The Kier molecular flexibility index (Phi) is 7.63. The minimum Gasteiger partial charge on any atom is -0.317 e. The smallest absolute Gasteiger partial charge is 0.317 e. The van der Waals surface area contributed by atoms with Gasteiger partial charge in [0.05, 0.1) is 0 Å². The van der Waals surface area contributed by atoms with Crippen LogP contribution >= 0.6 is 0 Å². The monoisotopic (exact) mass is 552 g/mol. The molecule has 41 heavy (non-hydrogen) atoms. The Balaban J connectivity index is 1.46. The second-order valence-electron chi connectivity index (χ2n) is 10.9. The molecule has 6 rings (SSSR count). The molecule has 1 N–H and O–H groups in total. The van der Waals surface area contributed by atoms with Gasteiger partial charge in [0.1, 0.15) is 5.82 Å². The lowest BCUT2D eigenvalue weighted by Gasteiger charge is -2.22. The molecule has 3 heterocycles. The number of nitrogens with zero attached hydrogens (tertiary/aromatic N) is 7. The van der Waals surface area contributed by atoms with Crippen molar-refractivity contribution in [3.63, 3.8) is 0 Å². The predicted octanol–water partition coefficient (Wildman–Crippen LogP) is 5.12. The van der Waals surface area contributed by atoms with Gasteiger partial charge in [-0.1, -0.05) is 81.6 Å². The first-order valence-electron chi connectivity index (χ1n) is 14.8. The number of aromatic amines is 1. The molecule has 0 radical (unpaired) electrons. The number of nitrogens with one attached hydrogen (secondary N) is 1. The lowest BCUT2D eigenvalue weighted by atomic mass is 9.88. The second-order valence-corrected chi connectivity index (χ2v) is 10.9. The van der Waals surface area contributed by atoms with E-state index in [-0.39, 0.29) is 17.2 Å². The van der Waals surface area contributed by atoms with Gasteiger partial charge in [-0.3, -0.25) is 13.9 Å². The third-order valence-corrected chi connectivity index (χ3v) is 8.13. The second kappa shape index (κ2) is 11.6. The molecule has 212 valence electrons. The van der Waals surface area contributed by atoms with Gasteiger partial charge in [0.2, 0.25) is 5.82 Å². The number of rotatable bonds is 9. The van der Waals surface area contributed by atoms with Crippen molar-refractivity contribution in [3.8, 4) is 22.5 Å². The van der Waals surface area contributed by atoms with Crippen molar-refractivity contribution in [1.29, 1.82) is 0 Å². The van der Waals surface area contributed by atoms with Crippen LogP contribution in [0.5, 0.6) is 0 Å². The third-order valence-electron chi connectivity index (χ3n) is 8.13. The summed E-state index contributed by atoms with van der Waals surface area (Å²) in [4.78, 5) is 32.3. The van der Waals surface area contributed by atoms with Crippen LogP contribution in [0.2, 0.25) is 0 Å². The van der Waals surface area contributed by atoms with Gasteiger partial charge in [-0.25, -0.2) is 9.78 Å². The Morgan fingerprint density at radius 1 is 0.854 bits per heavy atom. The molecule has 1 aliphatic carbocycles. The van der Waals surface area contributed by atoms with Crippen molar-refractivity contribution < 1.29 is 0 Å². The Labute approximate surface area is 238 Å². The molecule has 0 spiro atoms. The average Bonchev–Trinajstić information content (AvgIpc) is 3.68. The maximum absolute atomic E-state index is 13.9. The average molecular weight is 553 g/mol. The molecule has 0 aliphatic heterocycles. The highest BCUT2D eigenvalue weighted by atomic mass is 16.2. The summed E-state index contributed by atoms with van der Waals surface area (Å²) in [6, 6.07) is 16.4. The molecule has 0 atom stereocenters. The number of fused-ring (bicyclic) bond motifs is 1. The molecule has 1 fully saturated rings. The summed E-state index contributed by atoms with van der Waals surface area (Å²) in [6.07, 6.45) is 7.15. The van der Waals surface area contributed by atoms with Crippen molar-refractivity contribution in [1.82, 2.24) is 39.3 Å². The number of hydrogen-bond donors (Lipinski definition) is 1. The summed E-state index contributed by atoms with van der Waals surface area (Å²) in [6.45, 7) is 5.49. The molecule has 1 aliphatic rings. The summed E-state index contributed by atoms with van der Waals surface area (Å²) in [5.74, 6) is 1.76. The van der Waals surface area contributed by atoms with Crippen LogP contribution in [-0.4, -0.2) is 39.3 Å². The van der Waals surface area contributed by atoms with E-state index in [0.29, 0.717) is 43.0 Å². The predicted molar refractivity (Wildman–Crippen MR) is 159 cm³/mol. The van der Waals surface area contributed by atoms with E-state index < -0.39 is 0 Å². The van der Waals surface area contributed by atoms with Gasteiger partial charge in [-0.05, 0) is 47.6 Å². The highest BCUT2D eigenvalue weighted by molar-refractivity contribution is 5.80. The zero-order chi connectivity index (χ0) is 28.3. The van der Waals surface area contributed by atoms with Crippen LogP contribution in [0.1, 0.15) is 76.1 Å². The van der Waals surface area contributed by atoms with Crippen LogP contribution in [0, 0.1) is 0 Å². The highest BCUT2D eigenvalue weighted by Gasteiger charge is 2.27. The normalized spacial score (nSPS) is 14.2. The van der Waals surface area contributed by atoms with Gasteiger partial charge in [0.25, 0.3) is 5.56 Å². The fraction of sp³-hybridized carbons (Fsp3) is 0.419. The van der Waals surface area contributed by atoms with E-state index in [1.807, 2.05) is 32.0 Å². The summed E-state index contributed by atoms with van der Waals surface area (Å²) in [5.41, 5.74) is 4.60. The van der Waals surface area contributed by atoms with Crippen LogP contribution in [0.15, 0.2) is 58.1 Å². The first-order chi connectivity index (χ1) is 20.1. The van der Waals surface area contributed by atoms with Crippen LogP contribution in [0.3, 0.4) is 0 Å². The van der Waals surface area contributed by atoms with Crippen molar-refractivity contribution in [2.45, 2.75) is 84.3 Å². The Morgan fingerprint density at radius 2 is 1.56 bits per heavy atom. The molecule has 1 saturated carbocycles. The molecule has 10 heteroatoms. The van der Waals surface area contributed by atoms with Crippen molar-refractivity contribution >= 4 is 11.2 Å². The third kappa shape index (κ3) is 5.03. The topological polar surface area (TPSA) is 116 Å². The van der Waals surface area contributed by atoms with E-state index in [9.17, 15) is 9.59 Å². The van der Waals surface area contributed by atoms with Crippen molar-refractivity contribution in [2.75, 3.05) is 0 Å². The minimum atomic E-state index is -0.254. The molecule has 2 aromatic carbocycles. The van der Waals surface area contributed by atoms with Crippen molar-refractivity contribution in [2.24, 2.45) is 0 Å². The van der Waals surface area contributed by atoms with Crippen LogP contribution in [-0.2, 0) is 19.6 Å². The molecule has 0 saturated heterocycles. The zero-order valence-electron chi connectivity index (χ0n) is 23.7. The van der Waals surface area contributed by atoms with Gasteiger partial charge in [-0.15, -0.1) is 10.2 Å². The number of benzene rings is 2. The Hall–Kier alpha value is -4.34. The SMILES string of the molecule is CCCn1c(=O)c2c(nc(C3CCCCC3)n2Cc2ccc(-c3ccccc3-c3nn[nH]n3)cc2)n(CCC)c1=O. The quantitative estimate of drug-likeness (QED) is 0.271. The molecule has 5 aromatic rings. The fourth-order valence-electron chi connectivity index (χ4n) is 6.16. The first-order valence-corrected chi connectivity index (χ1v) is 14.8. The standard InChI is InChI=1S/C31H36N8O2/c1-3-18-37-29-26(30(40)38(19-4-2)31(37)41)39(28(32-29)23-10-6-5-7-11-23)20-21-14-16-22(17-15-21)24-12-8-9-13-25(24)27-33-35-36-34-27/h8-9,12-17,23H,3-7,10-11,18-20H2,1-2H3,(H,33,34,35,36). The van der Waals surface area contributed by atoms with E-state index in [1.54, 1.807) is 4.57 Å². The van der Waals surface area contributed by atoms with Gasteiger partial charge in [-0.2, -0.15) is 5.21 Å². The number of imidazole rings is 1. The number of aryl methyl sites for hydroxylation is 1. The van der Waals surface area contributed by atoms with E-state index in [4.69, 9.17) is 4.98 Å². The molecule has 3 aromatic heterocycles. The zero-order valence-corrected chi connectivity index (χ0v) is 23.7. The Bertz CT molecular complexity index is 1760. The van der Waals surface area contributed by atoms with Gasteiger partial charge < -0.3 is 4.57 Å². The van der Waals surface area contributed by atoms with Crippen LogP contribution < -0.4 is 11.2 Å². The molecule has 0 amide bonds. The summed E-state index contributed by atoms with van der Waals surface area (Å²) in [7, 11) is 0. The lowest BCUT2D eigenvalue weighted by molar-refractivity contribution is 0.419. The van der Waals surface area contributed by atoms with E-state index in [2.05, 4.69) is 55.5 Å². The summed E-state index contributed by atoms with van der Waals surface area (Å²) < 4.78 is 5.22. The Morgan fingerprint density at radius 3 is 2.24 bits per heavy atom. The minimum absolute atomic E-state index is 0.237. The van der Waals surface area contributed by atoms with E-state index in [0.717, 1.165) is 60.2 Å². The van der Waals surface area contributed by atoms with Gasteiger partial charge in [0, 0.05) is 31.1 Å². The van der Waals surface area contributed by atoms with E-state index in [1.165, 1.54) is 11.0 Å². The van der Waals surface area contributed by atoms with Crippen molar-refractivity contribution in [3.05, 3.63) is 80.8 Å². The highest BCUT2D eigenvalue weighted by Crippen LogP contribution is 2.34. The molecule has 0 unspecified atom stereocenters. The maximum atomic E-state index is 13.9. The molecule has 10 nitrogen and oxygen atoms in total. The number of H-pyrrole nitrogens is 1. The number of aromatic nitrogens is 8. The first kappa shape index (κ1) is 26.9. The molecular formula is C31H36N8O2. The van der Waals surface area contributed by atoms with Crippen LogP contribution in [0.4, 0.5) is 0 Å².